The van der Waals surface area contributed by atoms with Crippen LogP contribution in [0.15, 0.2) is 52.4 Å². The van der Waals surface area contributed by atoms with Crippen LogP contribution in [0, 0.1) is 5.82 Å². The monoisotopic (exact) mass is 301 g/mol. The van der Waals surface area contributed by atoms with Gasteiger partial charge in [-0.2, -0.15) is 0 Å². The number of halogens is 1. The maximum absolute atomic E-state index is 13.3. The number of hydrogen-bond acceptors (Lipinski definition) is 3. The molecule has 1 amide bonds. The lowest BCUT2D eigenvalue weighted by molar-refractivity contribution is 0.0956. The zero-order valence-electron chi connectivity index (χ0n) is 11.2. The van der Waals surface area contributed by atoms with E-state index >= 15 is 0 Å². The highest BCUT2D eigenvalue weighted by Crippen LogP contribution is 2.35. The van der Waals surface area contributed by atoms with Crippen LogP contribution in [0.3, 0.4) is 0 Å². The predicted molar refractivity (Wildman–Crippen MR) is 80.0 cm³/mol. The van der Waals surface area contributed by atoms with E-state index in [1.807, 2.05) is 6.07 Å². The molecule has 1 aromatic carbocycles. The van der Waals surface area contributed by atoms with E-state index in [1.165, 1.54) is 23.9 Å². The average Bonchev–Trinajstić information content (AvgIpc) is 2.85. The molecule has 0 aliphatic carbocycles. The normalized spacial score (nSPS) is 10.8. The summed E-state index contributed by atoms with van der Waals surface area (Å²) in [4.78, 5) is 20.8. The Kier molecular flexibility index (Phi) is 3.62. The quantitative estimate of drug-likeness (QED) is 0.781. The molecule has 0 saturated carbocycles. The number of rotatable bonds is 3. The van der Waals surface area contributed by atoms with E-state index in [2.05, 4.69) is 15.3 Å². The van der Waals surface area contributed by atoms with Crippen molar-refractivity contribution >= 4 is 28.7 Å². The third kappa shape index (κ3) is 2.62. The molecule has 0 unspecified atom stereocenters. The Morgan fingerprint density at radius 1 is 1.33 bits per heavy atom. The standard InChI is InChI=1S/C15H12FN3OS/c1-17-15(20)13-14(12-11(19-13)6-3-7-18-12)21-10-5-2-4-9(16)8-10/h2-8,19H,1H3,(H,17,20). The van der Waals surface area contributed by atoms with E-state index in [0.717, 1.165) is 5.52 Å². The van der Waals surface area contributed by atoms with Crippen molar-refractivity contribution in [2.45, 2.75) is 9.79 Å². The summed E-state index contributed by atoms with van der Waals surface area (Å²) in [5, 5.41) is 2.59. The Morgan fingerprint density at radius 2 is 2.19 bits per heavy atom. The van der Waals surface area contributed by atoms with Crippen LogP contribution in [0.2, 0.25) is 0 Å². The number of nitrogens with zero attached hydrogens (tertiary/aromatic N) is 1. The van der Waals surface area contributed by atoms with Gasteiger partial charge in [-0.3, -0.25) is 9.78 Å². The second-order valence-electron chi connectivity index (χ2n) is 4.37. The van der Waals surface area contributed by atoms with Gasteiger partial charge in [0.15, 0.2) is 0 Å². The number of pyridine rings is 1. The summed E-state index contributed by atoms with van der Waals surface area (Å²) in [5.74, 6) is -0.541. The molecule has 3 rings (SSSR count). The first-order valence-electron chi connectivity index (χ1n) is 6.31. The smallest absolute Gasteiger partial charge is 0.268 e. The zero-order chi connectivity index (χ0) is 14.8. The first-order chi connectivity index (χ1) is 10.2. The lowest BCUT2D eigenvalue weighted by atomic mass is 10.3. The number of benzene rings is 1. The number of nitrogens with one attached hydrogen (secondary N) is 2. The Balaban J connectivity index is 2.13. The summed E-state index contributed by atoms with van der Waals surface area (Å²) in [6.45, 7) is 0. The molecule has 2 N–H and O–H groups in total. The van der Waals surface area contributed by atoms with Gasteiger partial charge < -0.3 is 10.3 Å². The Bertz CT molecular complexity index is 816. The van der Waals surface area contributed by atoms with E-state index in [-0.39, 0.29) is 11.7 Å². The van der Waals surface area contributed by atoms with E-state index in [1.54, 1.807) is 31.4 Å². The minimum absolute atomic E-state index is 0.230. The molecular weight excluding hydrogens is 289 g/mol. The van der Waals surface area contributed by atoms with Gasteiger partial charge in [-0.05, 0) is 30.3 Å². The maximum Gasteiger partial charge on any atom is 0.268 e. The number of aromatic amines is 1. The molecule has 0 aliphatic heterocycles. The third-order valence-electron chi connectivity index (χ3n) is 2.98. The van der Waals surface area contributed by atoms with Crippen molar-refractivity contribution < 1.29 is 9.18 Å². The molecule has 0 radical (unpaired) electrons. The number of carbonyl (C=O) groups excluding carboxylic acids is 1. The maximum atomic E-state index is 13.3. The van der Waals surface area contributed by atoms with Gasteiger partial charge in [-0.15, -0.1) is 0 Å². The molecule has 106 valence electrons. The summed E-state index contributed by atoms with van der Waals surface area (Å²) in [6.07, 6.45) is 1.67. The van der Waals surface area contributed by atoms with Crippen LogP contribution >= 0.6 is 11.8 Å². The Hall–Kier alpha value is -2.34. The zero-order valence-corrected chi connectivity index (χ0v) is 12.0. The highest BCUT2D eigenvalue weighted by atomic mass is 32.2. The first-order valence-corrected chi connectivity index (χ1v) is 7.13. The lowest BCUT2D eigenvalue weighted by Crippen LogP contribution is -2.18. The van der Waals surface area contributed by atoms with E-state index < -0.39 is 0 Å². The van der Waals surface area contributed by atoms with Gasteiger partial charge >= 0.3 is 0 Å². The molecule has 0 bridgehead atoms. The molecule has 4 nitrogen and oxygen atoms in total. The summed E-state index contributed by atoms with van der Waals surface area (Å²) < 4.78 is 13.3. The lowest BCUT2D eigenvalue weighted by Gasteiger charge is -2.03. The van der Waals surface area contributed by atoms with E-state index in [9.17, 15) is 9.18 Å². The number of H-pyrrole nitrogens is 1. The van der Waals surface area contributed by atoms with Crippen LogP contribution in [0.4, 0.5) is 4.39 Å². The highest BCUT2D eigenvalue weighted by molar-refractivity contribution is 7.99. The summed E-state index contributed by atoms with van der Waals surface area (Å²) >= 11 is 1.31. The second kappa shape index (κ2) is 5.57. The van der Waals surface area contributed by atoms with Crippen molar-refractivity contribution in [1.82, 2.24) is 15.3 Å². The molecule has 6 heteroatoms. The van der Waals surface area contributed by atoms with Crippen LogP contribution in [0.5, 0.6) is 0 Å². The highest BCUT2D eigenvalue weighted by Gasteiger charge is 2.18. The second-order valence-corrected chi connectivity index (χ2v) is 5.45. The predicted octanol–water partition coefficient (Wildman–Crippen LogP) is 3.21. The van der Waals surface area contributed by atoms with Gasteiger partial charge in [0.1, 0.15) is 17.0 Å². The van der Waals surface area contributed by atoms with Crippen molar-refractivity contribution in [2.24, 2.45) is 0 Å². The molecule has 0 aliphatic rings. The molecule has 0 saturated heterocycles. The minimum atomic E-state index is -0.311. The van der Waals surface area contributed by atoms with E-state index in [0.29, 0.717) is 21.0 Å². The van der Waals surface area contributed by atoms with Gasteiger partial charge in [0.25, 0.3) is 5.91 Å². The first kappa shape index (κ1) is 13.6. The van der Waals surface area contributed by atoms with Crippen molar-refractivity contribution in [3.8, 4) is 0 Å². The van der Waals surface area contributed by atoms with Gasteiger partial charge in [0, 0.05) is 18.1 Å². The molecule has 0 atom stereocenters. The molecule has 21 heavy (non-hydrogen) atoms. The molecule has 0 fully saturated rings. The molecule has 2 aromatic heterocycles. The SMILES string of the molecule is CNC(=O)c1[nH]c2cccnc2c1Sc1cccc(F)c1. The number of carbonyl (C=O) groups is 1. The van der Waals surface area contributed by atoms with Gasteiger partial charge in [0.2, 0.25) is 0 Å². The van der Waals surface area contributed by atoms with Gasteiger partial charge in [-0.25, -0.2) is 4.39 Å². The van der Waals surface area contributed by atoms with Crippen LogP contribution in [0.25, 0.3) is 11.0 Å². The minimum Gasteiger partial charge on any atom is -0.354 e. The number of hydrogen-bond donors (Lipinski definition) is 2. The van der Waals surface area contributed by atoms with Crippen molar-refractivity contribution in [1.29, 1.82) is 0 Å². The fraction of sp³-hybridized carbons (Fsp3) is 0.0667. The van der Waals surface area contributed by atoms with Gasteiger partial charge in [0.05, 0.1) is 10.4 Å². The fourth-order valence-corrected chi connectivity index (χ4v) is 3.09. The van der Waals surface area contributed by atoms with E-state index in [4.69, 9.17) is 0 Å². The summed E-state index contributed by atoms with van der Waals surface area (Å²) in [7, 11) is 1.57. The third-order valence-corrected chi connectivity index (χ3v) is 4.07. The fourth-order valence-electron chi connectivity index (χ4n) is 2.03. The van der Waals surface area contributed by atoms with Crippen molar-refractivity contribution in [3.63, 3.8) is 0 Å². The number of amides is 1. The van der Waals surface area contributed by atoms with Crippen LogP contribution in [0.1, 0.15) is 10.5 Å². The van der Waals surface area contributed by atoms with Crippen LogP contribution in [-0.2, 0) is 0 Å². The average molecular weight is 301 g/mol. The van der Waals surface area contributed by atoms with Crippen molar-refractivity contribution in [2.75, 3.05) is 7.05 Å². The molecule has 0 spiro atoms. The Morgan fingerprint density at radius 3 is 2.95 bits per heavy atom. The summed E-state index contributed by atoms with van der Waals surface area (Å²) in [6, 6.07) is 9.90. The van der Waals surface area contributed by atoms with Crippen LogP contribution < -0.4 is 5.32 Å². The summed E-state index contributed by atoms with van der Waals surface area (Å²) in [5.41, 5.74) is 1.90. The Labute approximate surface area is 124 Å². The van der Waals surface area contributed by atoms with Gasteiger partial charge in [-0.1, -0.05) is 17.8 Å². The topological polar surface area (TPSA) is 57.8 Å². The van der Waals surface area contributed by atoms with Crippen LogP contribution in [-0.4, -0.2) is 22.9 Å². The van der Waals surface area contributed by atoms with Crippen molar-refractivity contribution in [3.05, 3.63) is 54.1 Å². The number of fused-ring (bicyclic) bond motifs is 1. The molecule has 2 heterocycles. The molecule has 3 aromatic rings. The largest absolute Gasteiger partial charge is 0.354 e. The number of aromatic nitrogens is 2. The molecular formula is C15H12FN3OS.